The van der Waals surface area contributed by atoms with Crippen molar-refractivity contribution in [2.75, 3.05) is 24.7 Å². The number of ether oxygens (including phenoxy) is 1. The number of benzene rings is 1. The fourth-order valence-corrected chi connectivity index (χ4v) is 3.13. The molecule has 1 saturated carbocycles. The molecule has 3 nitrogen and oxygen atoms in total. The van der Waals surface area contributed by atoms with Gasteiger partial charge in [-0.05, 0) is 56.1 Å². The van der Waals surface area contributed by atoms with E-state index in [1.165, 1.54) is 17.7 Å². The molecule has 1 aromatic rings. The van der Waals surface area contributed by atoms with Gasteiger partial charge in [0.05, 0.1) is 18.8 Å². The van der Waals surface area contributed by atoms with Gasteiger partial charge in [-0.1, -0.05) is 13.0 Å². The molecule has 0 bridgehead atoms. The van der Waals surface area contributed by atoms with Crippen LogP contribution in [0.5, 0.6) is 0 Å². The molecule has 0 saturated heterocycles. The van der Waals surface area contributed by atoms with Crippen molar-refractivity contribution in [3.63, 3.8) is 0 Å². The highest BCUT2D eigenvalue weighted by atomic mass is 32.2. The van der Waals surface area contributed by atoms with Crippen molar-refractivity contribution in [2.24, 2.45) is 5.92 Å². The highest BCUT2D eigenvalue weighted by Gasteiger charge is 2.19. The van der Waals surface area contributed by atoms with E-state index < -0.39 is 6.10 Å². The maximum atomic E-state index is 10.0. The van der Waals surface area contributed by atoms with Crippen LogP contribution < -0.4 is 5.32 Å². The average Bonchev–Trinajstić information content (AvgIpc) is 2.52. The van der Waals surface area contributed by atoms with Crippen LogP contribution in [0.4, 0.5) is 5.69 Å². The number of aliphatic hydroxyl groups is 1. The minimum absolute atomic E-state index is 0.343. The number of hydrogen-bond acceptors (Lipinski definition) is 4. The lowest BCUT2D eigenvalue weighted by atomic mass is 9.89. The van der Waals surface area contributed by atoms with Gasteiger partial charge in [0, 0.05) is 17.1 Å². The summed E-state index contributed by atoms with van der Waals surface area (Å²) in [6, 6.07) is 8.23. The summed E-state index contributed by atoms with van der Waals surface area (Å²) in [4.78, 5) is 1.22. The third kappa shape index (κ3) is 5.89. The molecule has 0 spiro atoms. The van der Waals surface area contributed by atoms with E-state index in [4.69, 9.17) is 4.74 Å². The predicted octanol–water partition coefficient (Wildman–Crippen LogP) is 3.78. The Morgan fingerprint density at radius 3 is 2.81 bits per heavy atom. The molecule has 0 amide bonds. The maximum Gasteiger partial charge on any atom is 0.0945 e. The van der Waals surface area contributed by atoms with Gasteiger partial charge in [-0.15, -0.1) is 11.8 Å². The Hall–Kier alpha value is -0.710. The molecule has 1 fully saturated rings. The van der Waals surface area contributed by atoms with Crippen molar-refractivity contribution < 1.29 is 9.84 Å². The van der Waals surface area contributed by atoms with E-state index in [2.05, 4.69) is 30.6 Å². The normalized spacial score (nSPS) is 23.8. The zero-order valence-corrected chi connectivity index (χ0v) is 13.9. The second kappa shape index (κ2) is 8.66. The second-order valence-electron chi connectivity index (χ2n) is 5.98. The SMILES string of the molecule is CSc1cccc(NCC(O)COC2CCC(C)CC2)c1. The van der Waals surface area contributed by atoms with E-state index >= 15 is 0 Å². The molecule has 21 heavy (non-hydrogen) atoms. The molecule has 1 aromatic carbocycles. The first-order valence-electron chi connectivity index (χ1n) is 7.85. The molecular weight excluding hydrogens is 282 g/mol. The first kappa shape index (κ1) is 16.7. The minimum Gasteiger partial charge on any atom is -0.389 e. The number of anilines is 1. The molecular formula is C17H27NO2S. The fraction of sp³-hybridized carbons (Fsp3) is 0.647. The monoisotopic (exact) mass is 309 g/mol. The van der Waals surface area contributed by atoms with Gasteiger partial charge >= 0.3 is 0 Å². The maximum absolute atomic E-state index is 10.0. The summed E-state index contributed by atoms with van der Waals surface area (Å²) in [6.45, 7) is 3.26. The van der Waals surface area contributed by atoms with Crippen LogP contribution in [0.25, 0.3) is 0 Å². The summed E-state index contributed by atoms with van der Waals surface area (Å²) in [5.74, 6) is 0.833. The van der Waals surface area contributed by atoms with E-state index in [1.54, 1.807) is 11.8 Å². The van der Waals surface area contributed by atoms with Crippen LogP contribution >= 0.6 is 11.8 Å². The Labute approximate surface area is 132 Å². The largest absolute Gasteiger partial charge is 0.389 e. The molecule has 1 unspecified atom stereocenters. The lowest BCUT2D eigenvalue weighted by Gasteiger charge is -2.27. The molecule has 1 aliphatic carbocycles. The van der Waals surface area contributed by atoms with Crippen LogP contribution in [0.2, 0.25) is 0 Å². The van der Waals surface area contributed by atoms with Gasteiger partial charge in [0.2, 0.25) is 0 Å². The Morgan fingerprint density at radius 1 is 1.33 bits per heavy atom. The first-order chi connectivity index (χ1) is 10.2. The van der Waals surface area contributed by atoms with E-state index in [-0.39, 0.29) is 0 Å². The van der Waals surface area contributed by atoms with Crippen molar-refractivity contribution in [1.29, 1.82) is 0 Å². The van der Waals surface area contributed by atoms with E-state index in [0.717, 1.165) is 24.4 Å². The zero-order valence-electron chi connectivity index (χ0n) is 13.0. The molecule has 4 heteroatoms. The summed E-state index contributed by atoms with van der Waals surface area (Å²) in [5.41, 5.74) is 1.05. The summed E-state index contributed by atoms with van der Waals surface area (Å²) in [6.07, 6.45) is 6.72. The molecule has 0 heterocycles. The van der Waals surface area contributed by atoms with Crippen molar-refractivity contribution in [1.82, 2.24) is 0 Å². The Morgan fingerprint density at radius 2 is 2.10 bits per heavy atom. The highest BCUT2D eigenvalue weighted by molar-refractivity contribution is 7.98. The summed E-state index contributed by atoms with van der Waals surface area (Å²) in [7, 11) is 0. The second-order valence-corrected chi connectivity index (χ2v) is 6.86. The van der Waals surface area contributed by atoms with Crippen molar-refractivity contribution in [3.05, 3.63) is 24.3 Å². The molecule has 2 N–H and O–H groups in total. The van der Waals surface area contributed by atoms with Crippen molar-refractivity contribution >= 4 is 17.4 Å². The van der Waals surface area contributed by atoms with Gasteiger partial charge in [0.25, 0.3) is 0 Å². The van der Waals surface area contributed by atoms with Crippen LogP contribution in [-0.4, -0.2) is 36.7 Å². The first-order valence-corrected chi connectivity index (χ1v) is 9.07. The van der Waals surface area contributed by atoms with Gasteiger partial charge in [-0.25, -0.2) is 0 Å². The smallest absolute Gasteiger partial charge is 0.0945 e. The molecule has 1 aliphatic rings. The highest BCUT2D eigenvalue weighted by Crippen LogP contribution is 2.25. The predicted molar refractivity (Wildman–Crippen MR) is 90.1 cm³/mol. The quantitative estimate of drug-likeness (QED) is 0.752. The van der Waals surface area contributed by atoms with E-state index in [0.29, 0.717) is 19.3 Å². The molecule has 2 rings (SSSR count). The molecule has 118 valence electrons. The van der Waals surface area contributed by atoms with E-state index in [9.17, 15) is 5.11 Å². The van der Waals surface area contributed by atoms with Crippen molar-refractivity contribution in [3.8, 4) is 0 Å². The molecule has 1 atom stereocenters. The fourth-order valence-electron chi connectivity index (χ4n) is 2.67. The van der Waals surface area contributed by atoms with Gasteiger partial charge in [-0.2, -0.15) is 0 Å². The van der Waals surface area contributed by atoms with Crippen LogP contribution in [0, 0.1) is 5.92 Å². The molecule has 0 aliphatic heterocycles. The number of rotatable bonds is 7. The van der Waals surface area contributed by atoms with Gasteiger partial charge in [-0.3, -0.25) is 0 Å². The third-order valence-electron chi connectivity index (χ3n) is 4.10. The van der Waals surface area contributed by atoms with Crippen LogP contribution in [0.15, 0.2) is 29.2 Å². The number of thioether (sulfide) groups is 1. The summed E-state index contributed by atoms with van der Waals surface area (Å²) >= 11 is 1.72. The standard InChI is InChI=1S/C17H27NO2S/c1-13-6-8-16(9-7-13)20-12-15(19)11-18-14-4-3-5-17(10-14)21-2/h3-5,10,13,15-16,18-19H,6-9,11-12H2,1-2H3. The Bertz CT molecular complexity index is 419. The molecule has 0 radical (unpaired) electrons. The lowest BCUT2D eigenvalue weighted by molar-refractivity contribution is -0.0245. The molecule has 0 aromatic heterocycles. The Balaban J connectivity index is 1.66. The average molecular weight is 309 g/mol. The summed E-state index contributed by atoms with van der Waals surface area (Å²) in [5, 5.41) is 13.3. The van der Waals surface area contributed by atoms with Crippen LogP contribution in [0.1, 0.15) is 32.6 Å². The van der Waals surface area contributed by atoms with Gasteiger partial charge in [0.15, 0.2) is 0 Å². The topological polar surface area (TPSA) is 41.5 Å². The minimum atomic E-state index is -0.456. The number of nitrogens with one attached hydrogen (secondary N) is 1. The van der Waals surface area contributed by atoms with Crippen LogP contribution in [0.3, 0.4) is 0 Å². The zero-order chi connectivity index (χ0) is 15.1. The Kier molecular flexibility index (Phi) is 6.87. The van der Waals surface area contributed by atoms with Crippen molar-refractivity contribution in [2.45, 2.75) is 49.7 Å². The van der Waals surface area contributed by atoms with Gasteiger partial charge < -0.3 is 15.2 Å². The number of hydrogen-bond donors (Lipinski definition) is 2. The van der Waals surface area contributed by atoms with E-state index in [1.807, 2.05) is 12.1 Å². The van der Waals surface area contributed by atoms with Crippen LogP contribution in [-0.2, 0) is 4.74 Å². The summed E-state index contributed by atoms with van der Waals surface area (Å²) < 4.78 is 5.83. The third-order valence-corrected chi connectivity index (χ3v) is 4.82. The van der Waals surface area contributed by atoms with Gasteiger partial charge in [0.1, 0.15) is 0 Å². The lowest BCUT2D eigenvalue weighted by Crippen LogP contribution is -2.29. The number of aliphatic hydroxyl groups excluding tert-OH is 1.